The summed E-state index contributed by atoms with van der Waals surface area (Å²) >= 11 is 0.595. The third-order valence-electron chi connectivity index (χ3n) is 4.36. The number of hydrogen-bond acceptors (Lipinski definition) is 4. The Morgan fingerprint density at radius 2 is 1.67 bits per heavy atom. The highest BCUT2D eigenvalue weighted by Crippen LogP contribution is 2.46. The molecule has 4 nitrogen and oxygen atoms in total. The molecule has 0 radical (unpaired) electrons. The summed E-state index contributed by atoms with van der Waals surface area (Å²) < 4.78 is 82.8. The van der Waals surface area contributed by atoms with E-state index in [0.29, 0.717) is 21.8 Å². The summed E-state index contributed by atoms with van der Waals surface area (Å²) in [6.45, 7) is 3.12. The third kappa shape index (κ3) is 4.53. The van der Waals surface area contributed by atoms with E-state index in [9.17, 15) is 36.4 Å². The average molecular weight is 449 g/mol. The number of nitrogens with zero attached hydrogens (tertiary/aromatic N) is 1. The number of nitrogens with one attached hydrogen (secondary N) is 2. The molecule has 0 spiro atoms. The minimum Gasteiger partial charge on any atom is -0.338 e. The van der Waals surface area contributed by atoms with E-state index in [0.717, 1.165) is 5.32 Å². The zero-order valence-electron chi connectivity index (χ0n) is 15.8. The number of carbonyl (C=O) groups is 1. The quantitative estimate of drug-likeness (QED) is 0.478. The van der Waals surface area contributed by atoms with Crippen LogP contribution in [-0.4, -0.2) is 23.9 Å². The first kappa shape index (κ1) is 23.5. The molecule has 0 unspecified atom stereocenters. The van der Waals surface area contributed by atoms with E-state index in [1.54, 1.807) is 19.1 Å². The summed E-state index contributed by atoms with van der Waals surface area (Å²) in [7, 11) is 0. The van der Waals surface area contributed by atoms with E-state index in [1.807, 2.05) is 0 Å². The van der Waals surface area contributed by atoms with Crippen molar-refractivity contribution in [2.24, 2.45) is 0 Å². The number of halogens is 6. The first-order chi connectivity index (χ1) is 13.9. The lowest BCUT2D eigenvalue weighted by molar-refractivity contribution is -0.295. The van der Waals surface area contributed by atoms with Crippen LogP contribution in [0.5, 0.6) is 0 Å². The molecule has 0 saturated carbocycles. The average Bonchev–Trinajstić information content (AvgIpc) is 2.94. The summed E-state index contributed by atoms with van der Waals surface area (Å²) in [5, 5.41) is 11.2. The molecule has 1 heterocycles. The molecule has 162 valence electrons. The van der Waals surface area contributed by atoms with Crippen LogP contribution in [0.2, 0.25) is 0 Å². The molecule has 0 aliphatic rings. The molecule has 1 aromatic carbocycles. The fourth-order valence-electron chi connectivity index (χ4n) is 2.89. The predicted molar refractivity (Wildman–Crippen MR) is 99.9 cm³/mol. The van der Waals surface area contributed by atoms with E-state index in [2.05, 4.69) is 0 Å². The zero-order chi connectivity index (χ0) is 22.7. The number of amides is 1. The van der Waals surface area contributed by atoms with E-state index in [1.165, 1.54) is 36.5 Å². The van der Waals surface area contributed by atoms with Crippen LogP contribution < -0.4 is 10.6 Å². The smallest absolute Gasteiger partial charge is 0.338 e. The number of carbonyl (C=O) groups excluding carboxylic acids is 1. The van der Waals surface area contributed by atoms with Crippen LogP contribution in [0.3, 0.4) is 0 Å². The van der Waals surface area contributed by atoms with Gasteiger partial charge in [-0.05, 0) is 24.5 Å². The van der Waals surface area contributed by atoms with Gasteiger partial charge >= 0.3 is 18.0 Å². The Hall–Kier alpha value is -2.74. The number of benzene rings is 1. The van der Waals surface area contributed by atoms with Crippen LogP contribution in [0.15, 0.2) is 30.3 Å². The maximum absolute atomic E-state index is 13.8. The summed E-state index contributed by atoms with van der Waals surface area (Å²) in [5.74, 6) is -1.48. The van der Waals surface area contributed by atoms with Crippen molar-refractivity contribution in [1.29, 1.82) is 5.26 Å². The van der Waals surface area contributed by atoms with Crippen molar-refractivity contribution >= 4 is 22.2 Å². The first-order valence-electron chi connectivity index (χ1n) is 8.65. The Bertz CT molecular complexity index is 930. The van der Waals surface area contributed by atoms with Gasteiger partial charge in [0.2, 0.25) is 5.91 Å². The van der Waals surface area contributed by atoms with Gasteiger partial charge in [0.15, 0.2) is 0 Å². The van der Waals surface area contributed by atoms with Crippen molar-refractivity contribution in [2.75, 3.05) is 5.32 Å². The van der Waals surface area contributed by atoms with Gasteiger partial charge in [-0.1, -0.05) is 37.3 Å². The largest absolute Gasteiger partial charge is 0.439 e. The molecule has 2 N–H and O–H groups in total. The molecular weight excluding hydrogens is 432 g/mol. The van der Waals surface area contributed by atoms with Crippen molar-refractivity contribution < 1.29 is 31.1 Å². The molecule has 0 fully saturated rings. The molecule has 0 atom stereocenters. The van der Waals surface area contributed by atoms with Gasteiger partial charge in [-0.25, -0.2) is 0 Å². The number of rotatable bonds is 6. The number of aryl methyl sites for hydroxylation is 1. The Balaban J connectivity index is 2.53. The highest BCUT2D eigenvalue weighted by Gasteiger charge is 2.72. The van der Waals surface area contributed by atoms with Crippen LogP contribution in [-0.2, 0) is 17.6 Å². The number of nitriles is 1. The van der Waals surface area contributed by atoms with Crippen molar-refractivity contribution in [3.63, 3.8) is 0 Å². The molecule has 30 heavy (non-hydrogen) atoms. The molecule has 0 aliphatic heterocycles. The fourth-order valence-corrected chi connectivity index (χ4v) is 4.04. The standard InChI is InChI=1S/C19H17F6N3OS/c1-3-13-11(2)30-16(14(13)10-26)28-17(18(20,21)22,19(23,24)25)27-15(29)9-12-7-5-4-6-8-12/h4-8,28H,3,9H2,1-2H3,(H,27,29). The lowest BCUT2D eigenvalue weighted by Crippen LogP contribution is -2.72. The van der Waals surface area contributed by atoms with Crippen LogP contribution in [0.1, 0.15) is 28.5 Å². The lowest BCUT2D eigenvalue weighted by Gasteiger charge is -2.38. The van der Waals surface area contributed by atoms with Crippen LogP contribution >= 0.6 is 11.3 Å². The summed E-state index contributed by atoms with van der Waals surface area (Å²) in [6.07, 6.45) is -12.3. The van der Waals surface area contributed by atoms with Gasteiger partial charge in [0.1, 0.15) is 11.1 Å². The van der Waals surface area contributed by atoms with Gasteiger partial charge < -0.3 is 10.6 Å². The minimum atomic E-state index is -5.95. The molecule has 2 aromatic rings. The molecular formula is C19H17F6N3OS. The molecule has 0 aliphatic carbocycles. The number of anilines is 1. The van der Waals surface area contributed by atoms with Gasteiger partial charge in [0, 0.05) is 4.88 Å². The minimum absolute atomic E-state index is 0.242. The SMILES string of the molecule is CCc1c(C)sc(NC(NC(=O)Cc2ccccc2)(C(F)(F)F)C(F)(F)F)c1C#N. The summed E-state index contributed by atoms with van der Waals surface area (Å²) in [4.78, 5) is 12.6. The molecule has 0 bridgehead atoms. The maximum atomic E-state index is 13.8. The fraction of sp³-hybridized carbons (Fsp3) is 0.368. The van der Waals surface area contributed by atoms with Gasteiger partial charge in [-0.15, -0.1) is 11.3 Å². The lowest BCUT2D eigenvalue weighted by atomic mass is 10.1. The Morgan fingerprint density at radius 3 is 2.13 bits per heavy atom. The normalized spacial score (nSPS) is 12.4. The second-order valence-electron chi connectivity index (χ2n) is 6.39. The van der Waals surface area contributed by atoms with E-state index < -0.39 is 35.3 Å². The third-order valence-corrected chi connectivity index (χ3v) is 5.42. The number of hydrogen-bond donors (Lipinski definition) is 2. The molecule has 0 saturated heterocycles. The monoisotopic (exact) mass is 449 g/mol. The van der Waals surface area contributed by atoms with Crippen molar-refractivity contribution in [3.8, 4) is 6.07 Å². The summed E-state index contributed by atoms with van der Waals surface area (Å²) in [6, 6.07) is 9.05. The van der Waals surface area contributed by atoms with Crippen LogP contribution in [0.4, 0.5) is 31.3 Å². The van der Waals surface area contributed by atoms with Gasteiger partial charge in [0.05, 0.1) is 12.0 Å². The zero-order valence-corrected chi connectivity index (χ0v) is 16.6. The Morgan fingerprint density at radius 1 is 1.10 bits per heavy atom. The Labute approximate surface area is 172 Å². The van der Waals surface area contributed by atoms with E-state index >= 15 is 0 Å². The Kier molecular flexibility index (Phi) is 6.71. The predicted octanol–water partition coefficient (Wildman–Crippen LogP) is 5.08. The highest BCUT2D eigenvalue weighted by molar-refractivity contribution is 7.16. The second kappa shape index (κ2) is 8.55. The highest BCUT2D eigenvalue weighted by atomic mass is 32.1. The van der Waals surface area contributed by atoms with Crippen molar-refractivity contribution in [3.05, 3.63) is 51.9 Å². The van der Waals surface area contributed by atoms with Gasteiger partial charge in [-0.2, -0.15) is 31.6 Å². The maximum Gasteiger partial charge on any atom is 0.439 e. The summed E-state index contributed by atoms with van der Waals surface area (Å²) in [5.41, 5.74) is -4.49. The van der Waals surface area contributed by atoms with Gasteiger partial charge in [0.25, 0.3) is 0 Å². The topological polar surface area (TPSA) is 64.9 Å². The van der Waals surface area contributed by atoms with E-state index in [-0.39, 0.29) is 17.5 Å². The second-order valence-corrected chi connectivity index (χ2v) is 7.61. The number of thiophene rings is 1. The van der Waals surface area contributed by atoms with Crippen molar-refractivity contribution in [2.45, 2.75) is 44.7 Å². The number of alkyl halides is 6. The van der Waals surface area contributed by atoms with Crippen LogP contribution in [0.25, 0.3) is 0 Å². The van der Waals surface area contributed by atoms with E-state index in [4.69, 9.17) is 0 Å². The molecule has 1 amide bonds. The molecule has 11 heteroatoms. The van der Waals surface area contributed by atoms with Crippen LogP contribution in [0, 0.1) is 18.3 Å². The van der Waals surface area contributed by atoms with Gasteiger partial charge in [-0.3, -0.25) is 4.79 Å². The molecule has 1 aromatic heterocycles. The molecule has 2 rings (SSSR count). The van der Waals surface area contributed by atoms with Crippen molar-refractivity contribution in [1.82, 2.24) is 5.32 Å². The first-order valence-corrected chi connectivity index (χ1v) is 9.46.